The molecule has 98 valence electrons. The van der Waals surface area contributed by atoms with Crippen molar-refractivity contribution in [1.82, 2.24) is 4.90 Å². The van der Waals surface area contributed by atoms with Crippen molar-refractivity contribution in [3.05, 3.63) is 0 Å². The van der Waals surface area contributed by atoms with Crippen molar-refractivity contribution in [3.63, 3.8) is 0 Å². The molecule has 0 saturated heterocycles. The third-order valence-electron chi connectivity index (χ3n) is 2.95. The van der Waals surface area contributed by atoms with Gasteiger partial charge in [-0.3, -0.25) is 0 Å². The van der Waals surface area contributed by atoms with E-state index in [1.165, 1.54) is 51.7 Å². The molecule has 0 bridgehead atoms. The van der Waals surface area contributed by atoms with Gasteiger partial charge in [0.2, 0.25) is 0 Å². The summed E-state index contributed by atoms with van der Waals surface area (Å²) in [6, 6.07) is 0. The van der Waals surface area contributed by atoms with Crippen LogP contribution in [0, 0.1) is 0 Å². The fourth-order valence-electron chi connectivity index (χ4n) is 1.86. The van der Waals surface area contributed by atoms with Crippen LogP contribution in [0.2, 0.25) is 0 Å². The predicted molar refractivity (Wildman–Crippen MR) is 73.8 cm³/mol. The van der Waals surface area contributed by atoms with Gasteiger partial charge in [0.15, 0.2) is 0 Å². The fourth-order valence-corrected chi connectivity index (χ4v) is 1.86. The van der Waals surface area contributed by atoms with Gasteiger partial charge in [0.05, 0.1) is 0 Å². The van der Waals surface area contributed by atoms with Crippen LogP contribution in [0.4, 0.5) is 0 Å². The van der Waals surface area contributed by atoms with Crippen LogP contribution in [-0.4, -0.2) is 30.1 Å². The second-order valence-electron chi connectivity index (χ2n) is 5.64. The molecule has 0 fully saturated rings. The van der Waals surface area contributed by atoms with E-state index in [4.69, 9.17) is 5.73 Å². The first-order valence-corrected chi connectivity index (χ1v) is 7.01. The summed E-state index contributed by atoms with van der Waals surface area (Å²) in [6.45, 7) is 12.5. The highest BCUT2D eigenvalue weighted by Crippen LogP contribution is 2.09. The van der Waals surface area contributed by atoms with Crippen LogP contribution in [0.1, 0.15) is 66.2 Å². The minimum atomic E-state index is 0.00117. The molecular weight excluding hydrogens is 196 g/mol. The Morgan fingerprint density at radius 2 is 1.31 bits per heavy atom. The van der Waals surface area contributed by atoms with Gasteiger partial charge in [0, 0.05) is 5.54 Å². The van der Waals surface area contributed by atoms with Gasteiger partial charge in [-0.05, 0) is 59.2 Å². The number of nitrogens with two attached hydrogens (primary N) is 1. The van der Waals surface area contributed by atoms with Crippen molar-refractivity contribution in [2.45, 2.75) is 71.8 Å². The maximum absolute atomic E-state index is 6.00. The molecule has 2 N–H and O–H groups in total. The van der Waals surface area contributed by atoms with Crippen molar-refractivity contribution in [2.24, 2.45) is 5.73 Å². The van der Waals surface area contributed by atoms with E-state index in [0.717, 1.165) is 6.42 Å². The van der Waals surface area contributed by atoms with Crippen molar-refractivity contribution in [1.29, 1.82) is 0 Å². The van der Waals surface area contributed by atoms with E-state index in [1.807, 2.05) is 0 Å². The summed E-state index contributed by atoms with van der Waals surface area (Å²) in [4.78, 5) is 2.61. The summed E-state index contributed by atoms with van der Waals surface area (Å²) >= 11 is 0. The summed E-state index contributed by atoms with van der Waals surface area (Å²) in [6.07, 6.45) is 7.61. The third-order valence-corrected chi connectivity index (χ3v) is 2.95. The molecule has 0 aliphatic rings. The van der Waals surface area contributed by atoms with E-state index in [-0.39, 0.29) is 5.54 Å². The first kappa shape index (κ1) is 15.9. The van der Waals surface area contributed by atoms with Gasteiger partial charge in [-0.25, -0.2) is 0 Å². The van der Waals surface area contributed by atoms with Gasteiger partial charge in [0.1, 0.15) is 0 Å². The second-order valence-corrected chi connectivity index (χ2v) is 5.64. The average Bonchev–Trinajstić information content (AvgIpc) is 2.19. The highest BCUT2D eigenvalue weighted by atomic mass is 15.1. The zero-order chi connectivity index (χ0) is 12.4. The quantitative estimate of drug-likeness (QED) is 0.621. The lowest BCUT2D eigenvalue weighted by Crippen LogP contribution is -2.34. The summed E-state index contributed by atoms with van der Waals surface area (Å²) in [5.41, 5.74) is 6.00. The number of hydrogen-bond donors (Lipinski definition) is 1. The molecule has 2 nitrogen and oxygen atoms in total. The molecule has 0 heterocycles. The monoisotopic (exact) mass is 228 g/mol. The highest BCUT2D eigenvalue weighted by molar-refractivity contribution is 4.72. The summed E-state index contributed by atoms with van der Waals surface area (Å²) in [5.74, 6) is 0. The molecule has 0 saturated carbocycles. The van der Waals surface area contributed by atoms with Gasteiger partial charge < -0.3 is 10.6 Å². The lowest BCUT2D eigenvalue weighted by Gasteiger charge is -2.24. The molecule has 0 aromatic rings. The standard InChI is InChI=1S/C14H32N2/c1-5-7-11-16(12-8-6-2)13-9-10-14(3,4)15/h5-13,15H2,1-4H3. The molecule has 0 aliphatic carbocycles. The SMILES string of the molecule is CCCCN(CCCC)CCCC(C)(C)N. The lowest BCUT2D eigenvalue weighted by atomic mass is 10.00. The van der Waals surface area contributed by atoms with Gasteiger partial charge in [-0.1, -0.05) is 26.7 Å². The van der Waals surface area contributed by atoms with E-state index in [1.54, 1.807) is 0 Å². The van der Waals surface area contributed by atoms with E-state index < -0.39 is 0 Å². The minimum absolute atomic E-state index is 0.00117. The maximum Gasteiger partial charge on any atom is 0.00975 e. The Balaban J connectivity index is 3.72. The van der Waals surface area contributed by atoms with Crippen LogP contribution in [-0.2, 0) is 0 Å². The number of nitrogens with zero attached hydrogens (tertiary/aromatic N) is 1. The smallest absolute Gasteiger partial charge is 0.00975 e. The predicted octanol–water partition coefficient (Wildman–Crippen LogP) is 3.41. The van der Waals surface area contributed by atoms with Crippen molar-refractivity contribution < 1.29 is 0 Å². The van der Waals surface area contributed by atoms with Crippen LogP contribution in [0.5, 0.6) is 0 Å². The van der Waals surface area contributed by atoms with Gasteiger partial charge in [-0.2, -0.15) is 0 Å². The fraction of sp³-hybridized carbons (Fsp3) is 1.00. The van der Waals surface area contributed by atoms with Gasteiger partial charge in [-0.15, -0.1) is 0 Å². The molecule has 0 radical (unpaired) electrons. The first-order chi connectivity index (χ1) is 7.49. The van der Waals surface area contributed by atoms with Crippen molar-refractivity contribution in [3.8, 4) is 0 Å². The Morgan fingerprint density at radius 3 is 1.69 bits per heavy atom. The Kier molecular flexibility index (Phi) is 8.96. The molecule has 0 spiro atoms. The number of rotatable bonds is 10. The zero-order valence-corrected chi connectivity index (χ0v) is 11.9. The van der Waals surface area contributed by atoms with Gasteiger partial charge >= 0.3 is 0 Å². The minimum Gasteiger partial charge on any atom is -0.326 e. The highest BCUT2D eigenvalue weighted by Gasteiger charge is 2.11. The van der Waals surface area contributed by atoms with Gasteiger partial charge in [0.25, 0.3) is 0 Å². The van der Waals surface area contributed by atoms with Crippen molar-refractivity contribution in [2.75, 3.05) is 19.6 Å². The second kappa shape index (κ2) is 9.00. The molecule has 16 heavy (non-hydrogen) atoms. The lowest BCUT2D eigenvalue weighted by molar-refractivity contribution is 0.251. The van der Waals surface area contributed by atoms with Crippen LogP contribution in [0.15, 0.2) is 0 Å². The topological polar surface area (TPSA) is 29.3 Å². The molecule has 0 aromatic heterocycles. The third kappa shape index (κ3) is 10.4. The summed E-state index contributed by atoms with van der Waals surface area (Å²) in [5, 5.41) is 0. The maximum atomic E-state index is 6.00. The molecular formula is C14H32N2. The van der Waals surface area contributed by atoms with Crippen LogP contribution in [0.3, 0.4) is 0 Å². The summed E-state index contributed by atoms with van der Waals surface area (Å²) < 4.78 is 0. The summed E-state index contributed by atoms with van der Waals surface area (Å²) in [7, 11) is 0. The number of hydrogen-bond acceptors (Lipinski definition) is 2. The van der Waals surface area contributed by atoms with E-state index in [9.17, 15) is 0 Å². The molecule has 0 atom stereocenters. The molecule has 0 unspecified atom stereocenters. The molecule has 0 amide bonds. The zero-order valence-electron chi connectivity index (χ0n) is 11.9. The molecule has 0 aliphatic heterocycles. The average molecular weight is 228 g/mol. The Hall–Kier alpha value is -0.0800. The molecule has 0 aromatic carbocycles. The van der Waals surface area contributed by atoms with Crippen LogP contribution >= 0.6 is 0 Å². The normalized spacial score (nSPS) is 12.4. The largest absolute Gasteiger partial charge is 0.326 e. The first-order valence-electron chi connectivity index (χ1n) is 7.01. The van der Waals surface area contributed by atoms with E-state index >= 15 is 0 Å². The Morgan fingerprint density at radius 1 is 0.875 bits per heavy atom. The number of unbranched alkanes of at least 4 members (excludes halogenated alkanes) is 2. The van der Waals surface area contributed by atoms with E-state index in [2.05, 4.69) is 32.6 Å². The Bertz CT molecular complexity index is 141. The van der Waals surface area contributed by atoms with Crippen LogP contribution in [0.25, 0.3) is 0 Å². The van der Waals surface area contributed by atoms with Crippen LogP contribution < -0.4 is 5.73 Å². The molecule has 2 heteroatoms. The van der Waals surface area contributed by atoms with Crippen molar-refractivity contribution >= 4 is 0 Å². The van der Waals surface area contributed by atoms with E-state index in [0.29, 0.717) is 0 Å². The molecule has 0 rings (SSSR count). The Labute approximate surface area is 103 Å².